The van der Waals surface area contributed by atoms with Crippen molar-refractivity contribution in [3.05, 3.63) is 40.7 Å². The Morgan fingerprint density at radius 2 is 2.08 bits per heavy atom. The number of benzene rings is 1. The van der Waals surface area contributed by atoms with Crippen molar-refractivity contribution in [3.8, 4) is 0 Å². The van der Waals surface area contributed by atoms with E-state index in [0.717, 1.165) is 5.82 Å². The van der Waals surface area contributed by atoms with Gasteiger partial charge in [0.25, 0.3) is 0 Å². The third kappa shape index (κ3) is 4.25. The fourth-order valence-electron chi connectivity index (χ4n) is 0.793. The van der Waals surface area contributed by atoms with E-state index < -0.39 is 7.60 Å². The molecular formula is C8H8ClO3P. The molecule has 1 rings (SSSR count). The van der Waals surface area contributed by atoms with E-state index in [4.69, 9.17) is 21.4 Å². The van der Waals surface area contributed by atoms with Crippen molar-refractivity contribution in [2.45, 2.75) is 0 Å². The van der Waals surface area contributed by atoms with Crippen LogP contribution in [0.5, 0.6) is 0 Å². The van der Waals surface area contributed by atoms with Gasteiger partial charge in [-0.25, -0.2) is 0 Å². The van der Waals surface area contributed by atoms with Crippen LogP contribution in [0.15, 0.2) is 30.1 Å². The Labute approximate surface area is 80.8 Å². The van der Waals surface area contributed by atoms with Gasteiger partial charge in [-0.1, -0.05) is 23.7 Å². The summed E-state index contributed by atoms with van der Waals surface area (Å²) in [5.74, 6) is 0.846. The number of hydrogen-bond donors (Lipinski definition) is 2. The highest BCUT2D eigenvalue weighted by Crippen LogP contribution is 2.36. The van der Waals surface area contributed by atoms with Gasteiger partial charge in [-0.2, -0.15) is 0 Å². The highest BCUT2D eigenvalue weighted by atomic mass is 35.5. The lowest BCUT2D eigenvalue weighted by molar-refractivity contribution is 0.386. The van der Waals surface area contributed by atoms with E-state index >= 15 is 0 Å². The average molecular weight is 219 g/mol. The first-order valence-corrected chi connectivity index (χ1v) is 5.53. The van der Waals surface area contributed by atoms with Crippen LogP contribution in [0.3, 0.4) is 0 Å². The first-order valence-electron chi connectivity index (χ1n) is 3.47. The first kappa shape index (κ1) is 10.5. The monoisotopic (exact) mass is 218 g/mol. The largest absolute Gasteiger partial charge is 0.349 e. The van der Waals surface area contributed by atoms with E-state index in [9.17, 15) is 4.57 Å². The molecule has 0 aliphatic heterocycles. The van der Waals surface area contributed by atoms with Gasteiger partial charge in [0, 0.05) is 10.8 Å². The Balaban J connectivity index is 2.87. The Hall–Kier alpha value is -0.600. The van der Waals surface area contributed by atoms with Gasteiger partial charge < -0.3 is 9.79 Å². The SMILES string of the molecule is O=P(O)(O)/C=C/c1cccc(Cl)c1. The smallest absolute Gasteiger partial charge is 0.321 e. The van der Waals surface area contributed by atoms with Crippen molar-refractivity contribution >= 4 is 25.3 Å². The van der Waals surface area contributed by atoms with E-state index in [2.05, 4.69) is 0 Å². The maximum absolute atomic E-state index is 10.5. The summed E-state index contributed by atoms with van der Waals surface area (Å²) in [4.78, 5) is 17.1. The normalized spacial score (nSPS) is 12.2. The molecule has 0 spiro atoms. The van der Waals surface area contributed by atoms with Gasteiger partial charge in [-0.05, 0) is 23.8 Å². The molecule has 1 aromatic carbocycles. The van der Waals surface area contributed by atoms with Crippen LogP contribution in [0.1, 0.15) is 5.56 Å². The Morgan fingerprint density at radius 1 is 1.38 bits per heavy atom. The summed E-state index contributed by atoms with van der Waals surface area (Å²) >= 11 is 5.67. The topological polar surface area (TPSA) is 57.5 Å². The third-order valence-corrected chi connectivity index (χ3v) is 2.08. The molecule has 0 atom stereocenters. The zero-order chi connectivity index (χ0) is 9.90. The molecule has 0 bridgehead atoms. The van der Waals surface area contributed by atoms with Crippen molar-refractivity contribution in [2.75, 3.05) is 0 Å². The summed E-state index contributed by atoms with van der Waals surface area (Å²) in [5, 5.41) is 0.535. The van der Waals surface area contributed by atoms with Crippen LogP contribution in [0.4, 0.5) is 0 Å². The van der Waals surface area contributed by atoms with Crippen molar-refractivity contribution in [2.24, 2.45) is 0 Å². The molecule has 0 heterocycles. The van der Waals surface area contributed by atoms with Gasteiger partial charge in [0.05, 0.1) is 0 Å². The lowest BCUT2D eigenvalue weighted by atomic mass is 10.2. The molecule has 13 heavy (non-hydrogen) atoms. The fraction of sp³-hybridized carbons (Fsp3) is 0. The van der Waals surface area contributed by atoms with E-state index in [-0.39, 0.29) is 0 Å². The summed E-state index contributed by atoms with van der Waals surface area (Å²) in [5.41, 5.74) is 0.663. The molecule has 2 N–H and O–H groups in total. The van der Waals surface area contributed by atoms with Gasteiger partial charge in [0.2, 0.25) is 0 Å². The molecule has 0 aromatic heterocycles. The molecule has 3 nitrogen and oxygen atoms in total. The quantitative estimate of drug-likeness (QED) is 0.750. The van der Waals surface area contributed by atoms with Crippen molar-refractivity contribution < 1.29 is 14.4 Å². The minimum absolute atomic E-state index is 0.535. The first-order chi connectivity index (χ1) is 5.97. The van der Waals surface area contributed by atoms with Crippen LogP contribution >= 0.6 is 19.2 Å². The van der Waals surface area contributed by atoms with E-state index in [1.54, 1.807) is 24.3 Å². The van der Waals surface area contributed by atoms with Gasteiger partial charge in [-0.3, -0.25) is 4.57 Å². The van der Waals surface area contributed by atoms with Crippen molar-refractivity contribution in [3.63, 3.8) is 0 Å². The Morgan fingerprint density at radius 3 is 2.62 bits per heavy atom. The lowest BCUT2D eigenvalue weighted by Crippen LogP contribution is -1.72. The standard InChI is InChI=1S/C8H8ClO3P/c9-8-3-1-2-7(6-8)4-5-13(10,11)12/h1-6H,(H2,10,11,12)/b5-4+. The molecule has 0 fully saturated rings. The zero-order valence-corrected chi connectivity index (χ0v) is 8.24. The number of rotatable bonds is 2. The summed E-state index contributed by atoms with van der Waals surface area (Å²) in [6, 6.07) is 6.73. The summed E-state index contributed by atoms with van der Waals surface area (Å²) < 4.78 is 10.5. The molecule has 0 aliphatic rings. The molecule has 70 valence electrons. The maximum atomic E-state index is 10.5. The summed E-state index contributed by atoms with van der Waals surface area (Å²) in [6.45, 7) is 0. The van der Waals surface area contributed by atoms with Crippen LogP contribution in [0, 0.1) is 0 Å². The fourth-order valence-corrected chi connectivity index (χ4v) is 1.36. The summed E-state index contributed by atoms with van der Waals surface area (Å²) in [7, 11) is -4.07. The van der Waals surface area contributed by atoms with Crippen LogP contribution in [-0.4, -0.2) is 9.79 Å². The van der Waals surface area contributed by atoms with Crippen LogP contribution in [-0.2, 0) is 4.57 Å². The highest BCUT2D eigenvalue weighted by molar-refractivity contribution is 7.55. The van der Waals surface area contributed by atoms with Gasteiger partial charge >= 0.3 is 7.60 Å². The van der Waals surface area contributed by atoms with E-state index in [1.807, 2.05) is 0 Å². The second-order valence-electron chi connectivity index (χ2n) is 2.46. The lowest BCUT2D eigenvalue weighted by Gasteiger charge is -1.95. The second-order valence-corrected chi connectivity index (χ2v) is 4.37. The Kier molecular flexibility index (Phi) is 3.28. The zero-order valence-electron chi connectivity index (χ0n) is 6.59. The molecule has 1 aromatic rings. The maximum Gasteiger partial charge on any atom is 0.349 e. The molecule has 5 heteroatoms. The molecule has 0 aliphatic carbocycles. The molecular weight excluding hydrogens is 211 g/mol. The predicted molar refractivity (Wildman–Crippen MR) is 52.5 cm³/mol. The molecule has 0 amide bonds. The van der Waals surface area contributed by atoms with Crippen LogP contribution < -0.4 is 0 Å². The molecule has 0 saturated carbocycles. The van der Waals surface area contributed by atoms with Crippen molar-refractivity contribution in [1.82, 2.24) is 0 Å². The number of hydrogen-bond acceptors (Lipinski definition) is 1. The molecule has 0 radical (unpaired) electrons. The number of halogens is 1. The average Bonchev–Trinajstić information content (AvgIpc) is 2.00. The van der Waals surface area contributed by atoms with Gasteiger partial charge in [0.15, 0.2) is 0 Å². The van der Waals surface area contributed by atoms with Crippen LogP contribution in [0.25, 0.3) is 6.08 Å². The minimum Gasteiger partial charge on any atom is -0.321 e. The minimum atomic E-state index is -4.07. The third-order valence-electron chi connectivity index (χ3n) is 1.31. The van der Waals surface area contributed by atoms with E-state index in [1.165, 1.54) is 6.08 Å². The van der Waals surface area contributed by atoms with Crippen LogP contribution in [0.2, 0.25) is 5.02 Å². The van der Waals surface area contributed by atoms with Gasteiger partial charge in [-0.15, -0.1) is 0 Å². The van der Waals surface area contributed by atoms with E-state index in [0.29, 0.717) is 10.6 Å². The second kappa shape index (κ2) is 4.07. The molecule has 0 saturated heterocycles. The molecule has 0 unspecified atom stereocenters. The van der Waals surface area contributed by atoms with Gasteiger partial charge in [0.1, 0.15) is 0 Å². The summed E-state index contributed by atoms with van der Waals surface area (Å²) in [6.07, 6.45) is 1.34. The Bertz CT molecular complexity index is 369. The highest BCUT2D eigenvalue weighted by Gasteiger charge is 2.04. The predicted octanol–water partition coefficient (Wildman–Crippen LogP) is 2.49. The van der Waals surface area contributed by atoms with Crippen molar-refractivity contribution in [1.29, 1.82) is 0 Å².